The zero-order valence-electron chi connectivity index (χ0n) is 7.99. The average molecular weight is 188 g/mol. The molecule has 0 bridgehead atoms. The van der Waals surface area contributed by atoms with Gasteiger partial charge in [0.05, 0.1) is 6.04 Å². The van der Waals surface area contributed by atoms with E-state index in [9.17, 15) is 9.59 Å². The summed E-state index contributed by atoms with van der Waals surface area (Å²) in [6.45, 7) is 1.63. The molecule has 0 aliphatic heterocycles. The standard InChI is InChI=1S/C8H16N2O3/c1-3-4-6(9)8(13)10(2)5-7(11)12/h6H,3-5,9H2,1-2H3,(H,11,12). The first-order valence-electron chi connectivity index (χ1n) is 4.21. The average Bonchev–Trinajstić information content (AvgIpc) is 2.02. The van der Waals surface area contributed by atoms with Gasteiger partial charge in [-0.25, -0.2) is 0 Å². The van der Waals surface area contributed by atoms with Crippen LogP contribution in [-0.4, -0.2) is 41.5 Å². The minimum atomic E-state index is -1.03. The maximum atomic E-state index is 11.3. The smallest absolute Gasteiger partial charge is 0.323 e. The van der Waals surface area contributed by atoms with Crippen molar-refractivity contribution in [2.45, 2.75) is 25.8 Å². The molecule has 0 aromatic rings. The Labute approximate surface area is 77.5 Å². The van der Waals surface area contributed by atoms with Gasteiger partial charge in [0.1, 0.15) is 6.54 Å². The zero-order valence-corrected chi connectivity index (χ0v) is 7.99. The van der Waals surface area contributed by atoms with Crippen molar-refractivity contribution in [2.24, 2.45) is 5.73 Å². The van der Waals surface area contributed by atoms with E-state index in [1.165, 1.54) is 7.05 Å². The molecule has 0 aromatic carbocycles. The molecule has 1 amide bonds. The van der Waals surface area contributed by atoms with Crippen LogP contribution in [0.3, 0.4) is 0 Å². The van der Waals surface area contributed by atoms with Crippen LogP contribution in [0.4, 0.5) is 0 Å². The molecule has 5 nitrogen and oxygen atoms in total. The lowest BCUT2D eigenvalue weighted by atomic mass is 10.1. The van der Waals surface area contributed by atoms with Crippen molar-refractivity contribution in [3.05, 3.63) is 0 Å². The van der Waals surface area contributed by atoms with E-state index in [4.69, 9.17) is 10.8 Å². The molecule has 0 rings (SSSR count). The summed E-state index contributed by atoms with van der Waals surface area (Å²) in [7, 11) is 1.44. The van der Waals surface area contributed by atoms with E-state index in [-0.39, 0.29) is 12.5 Å². The highest BCUT2D eigenvalue weighted by atomic mass is 16.4. The van der Waals surface area contributed by atoms with Crippen molar-refractivity contribution < 1.29 is 14.7 Å². The number of carbonyl (C=O) groups excluding carboxylic acids is 1. The molecule has 76 valence electrons. The second kappa shape index (κ2) is 5.53. The molecule has 0 aliphatic rings. The second-order valence-electron chi connectivity index (χ2n) is 2.98. The zero-order chi connectivity index (χ0) is 10.4. The van der Waals surface area contributed by atoms with Gasteiger partial charge < -0.3 is 15.7 Å². The summed E-state index contributed by atoms with van der Waals surface area (Å²) >= 11 is 0. The molecule has 5 heteroatoms. The number of nitrogens with two attached hydrogens (primary N) is 1. The van der Waals surface area contributed by atoms with Crippen molar-refractivity contribution in [1.29, 1.82) is 0 Å². The largest absolute Gasteiger partial charge is 0.480 e. The normalized spacial score (nSPS) is 12.2. The van der Waals surface area contributed by atoms with Crippen LogP contribution in [-0.2, 0) is 9.59 Å². The van der Waals surface area contributed by atoms with Gasteiger partial charge in [0.2, 0.25) is 5.91 Å². The molecule has 0 saturated carbocycles. The summed E-state index contributed by atoms with van der Waals surface area (Å²) in [4.78, 5) is 22.7. The Morgan fingerprint density at radius 1 is 1.54 bits per heavy atom. The molecule has 0 aromatic heterocycles. The van der Waals surface area contributed by atoms with Crippen molar-refractivity contribution in [2.75, 3.05) is 13.6 Å². The maximum Gasteiger partial charge on any atom is 0.323 e. The number of carboxylic acid groups (broad SMARTS) is 1. The van der Waals surface area contributed by atoms with Gasteiger partial charge in [-0.3, -0.25) is 9.59 Å². The molecular formula is C8H16N2O3. The summed E-state index contributed by atoms with van der Waals surface area (Å²) in [5.74, 6) is -1.34. The van der Waals surface area contributed by atoms with Gasteiger partial charge in [0.25, 0.3) is 0 Å². The minimum absolute atomic E-state index is 0.295. The Balaban J connectivity index is 4.01. The molecular weight excluding hydrogens is 172 g/mol. The summed E-state index contributed by atoms with van der Waals surface area (Å²) in [6, 6.07) is -0.575. The van der Waals surface area contributed by atoms with Crippen molar-refractivity contribution in [3.63, 3.8) is 0 Å². The monoisotopic (exact) mass is 188 g/mol. The lowest BCUT2D eigenvalue weighted by Crippen LogP contribution is -2.43. The molecule has 0 fully saturated rings. The lowest BCUT2D eigenvalue weighted by Gasteiger charge is -2.18. The lowest BCUT2D eigenvalue weighted by molar-refractivity contribution is -0.144. The predicted molar refractivity (Wildman–Crippen MR) is 48.2 cm³/mol. The summed E-state index contributed by atoms with van der Waals surface area (Å²) in [5, 5.41) is 8.41. The summed E-state index contributed by atoms with van der Waals surface area (Å²) in [5.41, 5.74) is 5.52. The highest BCUT2D eigenvalue weighted by Crippen LogP contribution is 1.97. The number of carbonyl (C=O) groups is 2. The fourth-order valence-corrected chi connectivity index (χ4v) is 0.998. The number of hydrogen-bond donors (Lipinski definition) is 2. The molecule has 1 unspecified atom stereocenters. The predicted octanol–water partition coefficient (Wildman–Crippen LogP) is -0.343. The van der Waals surface area contributed by atoms with Crippen LogP contribution < -0.4 is 5.73 Å². The van der Waals surface area contributed by atoms with Crippen molar-refractivity contribution in [3.8, 4) is 0 Å². The Morgan fingerprint density at radius 2 is 2.08 bits per heavy atom. The molecule has 0 saturated heterocycles. The Kier molecular flexibility index (Phi) is 5.06. The molecule has 0 heterocycles. The number of amides is 1. The van der Waals surface area contributed by atoms with Crippen LogP contribution in [0.5, 0.6) is 0 Å². The molecule has 1 atom stereocenters. The molecule has 3 N–H and O–H groups in total. The van der Waals surface area contributed by atoms with Gasteiger partial charge in [-0.1, -0.05) is 13.3 Å². The molecule has 0 aliphatic carbocycles. The number of nitrogens with zero attached hydrogens (tertiary/aromatic N) is 1. The van der Waals surface area contributed by atoms with Gasteiger partial charge in [-0.2, -0.15) is 0 Å². The first kappa shape index (κ1) is 11.9. The van der Waals surface area contributed by atoms with E-state index < -0.39 is 12.0 Å². The van der Waals surface area contributed by atoms with Crippen LogP contribution in [0.25, 0.3) is 0 Å². The first-order valence-corrected chi connectivity index (χ1v) is 4.21. The maximum absolute atomic E-state index is 11.3. The minimum Gasteiger partial charge on any atom is -0.480 e. The number of aliphatic carboxylic acids is 1. The summed E-state index contributed by atoms with van der Waals surface area (Å²) in [6.07, 6.45) is 1.40. The van der Waals surface area contributed by atoms with Crippen LogP contribution >= 0.6 is 0 Å². The van der Waals surface area contributed by atoms with Crippen molar-refractivity contribution in [1.82, 2.24) is 4.90 Å². The Morgan fingerprint density at radius 3 is 2.46 bits per heavy atom. The number of carboxylic acids is 1. The van der Waals surface area contributed by atoms with Gasteiger partial charge in [-0.15, -0.1) is 0 Å². The SMILES string of the molecule is CCCC(N)C(=O)N(C)CC(=O)O. The van der Waals surface area contributed by atoms with E-state index in [1.807, 2.05) is 6.92 Å². The van der Waals surface area contributed by atoms with E-state index in [0.717, 1.165) is 11.3 Å². The van der Waals surface area contributed by atoms with E-state index in [0.29, 0.717) is 6.42 Å². The van der Waals surface area contributed by atoms with E-state index in [1.54, 1.807) is 0 Å². The number of hydrogen-bond acceptors (Lipinski definition) is 3. The molecule has 0 radical (unpaired) electrons. The Hall–Kier alpha value is -1.10. The van der Waals surface area contributed by atoms with Gasteiger partial charge in [-0.05, 0) is 6.42 Å². The van der Waals surface area contributed by atoms with Crippen LogP contribution in [0.1, 0.15) is 19.8 Å². The van der Waals surface area contributed by atoms with Crippen LogP contribution in [0.2, 0.25) is 0 Å². The van der Waals surface area contributed by atoms with Crippen molar-refractivity contribution >= 4 is 11.9 Å². The third kappa shape index (κ3) is 4.47. The fraction of sp³-hybridized carbons (Fsp3) is 0.750. The van der Waals surface area contributed by atoms with Gasteiger partial charge in [0.15, 0.2) is 0 Å². The van der Waals surface area contributed by atoms with E-state index >= 15 is 0 Å². The Bertz CT molecular complexity index is 194. The highest BCUT2D eigenvalue weighted by molar-refractivity contribution is 5.84. The van der Waals surface area contributed by atoms with E-state index in [2.05, 4.69) is 0 Å². The summed E-state index contributed by atoms with van der Waals surface area (Å²) < 4.78 is 0. The second-order valence-corrected chi connectivity index (χ2v) is 2.98. The molecule has 0 spiro atoms. The topological polar surface area (TPSA) is 83.6 Å². The van der Waals surface area contributed by atoms with Gasteiger partial charge in [0, 0.05) is 7.05 Å². The first-order chi connectivity index (χ1) is 5.99. The number of rotatable bonds is 5. The fourth-order valence-electron chi connectivity index (χ4n) is 0.998. The van der Waals surface area contributed by atoms with Crippen LogP contribution in [0.15, 0.2) is 0 Å². The van der Waals surface area contributed by atoms with Crippen LogP contribution in [0, 0.1) is 0 Å². The number of likely N-dealkylation sites (N-methyl/N-ethyl adjacent to an activating group) is 1. The highest BCUT2D eigenvalue weighted by Gasteiger charge is 2.18. The molecule has 13 heavy (non-hydrogen) atoms. The quantitative estimate of drug-likeness (QED) is 0.618. The van der Waals surface area contributed by atoms with Gasteiger partial charge >= 0.3 is 5.97 Å². The third-order valence-corrected chi connectivity index (χ3v) is 1.67. The third-order valence-electron chi connectivity index (χ3n) is 1.67.